The van der Waals surface area contributed by atoms with E-state index in [2.05, 4.69) is 11.9 Å². The van der Waals surface area contributed by atoms with Crippen molar-refractivity contribution >= 4 is 23.5 Å². The third-order valence-electron chi connectivity index (χ3n) is 4.02. The molecule has 0 spiro atoms. The van der Waals surface area contributed by atoms with Crippen LogP contribution in [-0.2, 0) is 11.2 Å². The highest BCUT2D eigenvalue weighted by molar-refractivity contribution is 6.32. The van der Waals surface area contributed by atoms with Crippen LogP contribution in [0, 0.1) is 5.92 Å². The van der Waals surface area contributed by atoms with Crippen molar-refractivity contribution in [1.82, 2.24) is 4.98 Å². The number of aryl methyl sites for hydroxylation is 1. The van der Waals surface area contributed by atoms with E-state index < -0.39 is 0 Å². The molecule has 3 nitrogen and oxygen atoms in total. The Bertz CT molecular complexity index is 753. The number of rotatable bonds is 9. The first-order chi connectivity index (χ1) is 12.5. The molecule has 0 aliphatic carbocycles. The molecule has 0 saturated carbocycles. The van der Waals surface area contributed by atoms with Crippen LogP contribution in [0.3, 0.4) is 0 Å². The number of Topliss-reactive ketones (excluding diaryl/α,β-unsaturated/α-hetero) is 1. The van der Waals surface area contributed by atoms with Crippen LogP contribution in [-0.4, -0.2) is 10.8 Å². The lowest BCUT2D eigenvalue weighted by Gasteiger charge is -2.09. The molecule has 1 heterocycles. The van der Waals surface area contributed by atoms with Gasteiger partial charge in [0.2, 0.25) is 5.88 Å². The molecule has 0 unspecified atom stereocenters. The molecule has 0 radical (unpaired) electrons. The van der Waals surface area contributed by atoms with Gasteiger partial charge < -0.3 is 9.53 Å². The number of benzene rings is 1. The Morgan fingerprint density at radius 1 is 1.31 bits per heavy atom. The lowest BCUT2D eigenvalue weighted by atomic mass is 10.0. The summed E-state index contributed by atoms with van der Waals surface area (Å²) in [5.74, 6) is 1.52. The van der Waals surface area contributed by atoms with Gasteiger partial charge in [-0.3, -0.25) is 0 Å². The lowest BCUT2D eigenvalue weighted by Crippen LogP contribution is -1.97. The third-order valence-corrected chi connectivity index (χ3v) is 4.31. The molecule has 0 amide bonds. The normalized spacial score (nSPS) is 12.3. The van der Waals surface area contributed by atoms with Crippen molar-refractivity contribution in [2.45, 2.75) is 46.5 Å². The van der Waals surface area contributed by atoms with E-state index in [9.17, 15) is 4.79 Å². The van der Waals surface area contributed by atoms with Crippen molar-refractivity contribution < 1.29 is 9.53 Å². The monoisotopic (exact) mass is 371 g/mol. The third kappa shape index (κ3) is 6.64. The minimum Gasteiger partial charge on any atom is -0.437 e. The summed E-state index contributed by atoms with van der Waals surface area (Å²) in [7, 11) is 0. The molecule has 0 aliphatic rings. The molecule has 2 rings (SSSR count). The van der Waals surface area contributed by atoms with Gasteiger partial charge in [0, 0.05) is 18.7 Å². The summed E-state index contributed by atoms with van der Waals surface area (Å²) in [5, 5.41) is 0.599. The van der Waals surface area contributed by atoms with Gasteiger partial charge in [0.15, 0.2) is 0 Å². The van der Waals surface area contributed by atoms with Gasteiger partial charge in [0.1, 0.15) is 11.5 Å². The quantitative estimate of drug-likeness (QED) is 0.505. The fraction of sp³-hybridized carbons (Fsp3) is 0.364. The molecular weight excluding hydrogens is 346 g/mol. The Labute approximate surface area is 161 Å². The summed E-state index contributed by atoms with van der Waals surface area (Å²) in [6.07, 6.45) is 9.63. The van der Waals surface area contributed by atoms with Gasteiger partial charge in [-0.2, -0.15) is 0 Å². The molecule has 138 valence electrons. The molecule has 2 aromatic rings. The van der Waals surface area contributed by atoms with Crippen molar-refractivity contribution in [3.63, 3.8) is 0 Å². The smallest absolute Gasteiger partial charge is 0.219 e. The Morgan fingerprint density at radius 3 is 2.73 bits per heavy atom. The van der Waals surface area contributed by atoms with Gasteiger partial charge in [0.05, 0.1) is 5.02 Å². The molecular formula is C22H26ClNO2. The average Bonchev–Trinajstić information content (AvgIpc) is 2.61. The molecule has 1 aromatic heterocycles. The number of halogens is 1. The second-order valence-electron chi connectivity index (χ2n) is 6.64. The molecule has 0 bridgehead atoms. The summed E-state index contributed by atoms with van der Waals surface area (Å²) in [6.45, 7) is 5.81. The first kappa shape index (κ1) is 20.2. The molecule has 0 saturated heterocycles. The maximum Gasteiger partial charge on any atom is 0.219 e. The zero-order valence-corrected chi connectivity index (χ0v) is 16.4. The number of hydrogen-bond acceptors (Lipinski definition) is 3. The van der Waals surface area contributed by atoms with Crippen molar-refractivity contribution in [1.29, 1.82) is 0 Å². The summed E-state index contributed by atoms with van der Waals surface area (Å²) in [6, 6.07) is 9.65. The predicted molar refractivity (Wildman–Crippen MR) is 108 cm³/mol. The van der Waals surface area contributed by atoms with E-state index in [1.54, 1.807) is 13.1 Å². The number of nitrogens with zero attached hydrogens (tertiary/aromatic N) is 1. The number of hydrogen-bond donors (Lipinski definition) is 0. The van der Waals surface area contributed by atoms with Gasteiger partial charge in [0.25, 0.3) is 0 Å². The van der Waals surface area contributed by atoms with Gasteiger partial charge in [-0.25, -0.2) is 4.98 Å². The highest BCUT2D eigenvalue weighted by Gasteiger charge is 2.06. The van der Waals surface area contributed by atoms with E-state index >= 15 is 0 Å². The van der Waals surface area contributed by atoms with Crippen LogP contribution in [0.2, 0.25) is 5.02 Å². The number of allylic oxidation sites excluding steroid dienone is 1. The van der Waals surface area contributed by atoms with Crippen molar-refractivity contribution in [2.75, 3.05) is 0 Å². The van der Waals surface area contributed by atoms with Crippen LogP contribution in [0.5, 0.6) is 11.6 Å². The van der Waals surface area contributed by atoms with Gasteiger partial charge in [-0.1, -0.05) is 50.1 Å². The lowest BCUT2D eigenvalue weighted by molar-refractivity contribution is -0.117. The predicted octanol–water partition coefficient (Wildman–Crippen LogP) is 6.50. The summed E-state index contributed by atoms with van der Waals surface area (Å²) in [4.78, 5) is 15.4. The van der Waals surface area contributed by atoms with E-state index in [4.69, 9.17) is 16.3 Å². The first-order valence-electron chi connectivity index (χ1n) is 9.08. The van der Waals surface area contributed by atoms with E-state index in [-0.39, 0.29) is 11.7 Å². The highest BCUT2D eigenvalue weighted by atomic mass is 35.5. The molecule has 0 fully saturated rings. The van der Waals surface area contributed by atoms with Crippen molar-refractivity contribution in [3.8, 4) is 11.6 Å². The van der Waals surface area contributed by atoms with E-state index in [0.29, 0.717) is 23.1 Å². The second-order valence-corrected chi connectivity index (χ2v) is 7.05. The standard InChI is InChI=1S/C22H26ClNO2/c1-4-5-6-18-9-11-21(20(23)14-18)26-22-12-10-19(15-24-22)8-7-16(2)13-17(3)25/h7-12,14-16H,4-6,13H2,1-3H3/b8-7+/t16-/m0/s1. The van der Waals surface area contributed by atoms with Crippen LogP contribution in [0.4, 0.5) is 0 Å². The molecule has 4 heteroatoms. The van der Waals surface area contributed by atoms with Crippen LogP contribution >= 0.6 is 11.6 Å². The van der Waals surface area contributed by atoms with Crippen LogP contribution in [0.15, 0.2) is 42.6 Å². The highest BCUT2D eigenvalue weighted by Crippen LogP contribution is 2.29. The van der Waals surface area contributed by atoms with Crippen molar-refractivity contribution in [3.05, 3.63) is 58.8 Å². The number of pyridine rings is 1. The molecule has 1 aromatic carbocycles. The maximum atomic E-state index is 11.1. The maximum absolute atomic E-state index is 11.1. The largest absolute Gasteiger partial charge is 0.437 e. The average molecular weight is 372 g/mol. The number of unbranched alkanes of at least 4 members (excludes halogenated alkanes) is 1. The SMILES string of the molecule is CCCCc1ccc(Oc2ccc(/C=C/[C@H](C)CC(C)=O)cn2)c(Cl)c1. The second kappa shape index (κ2) is 10.1. The Kier molecular flexibility index (Phi) is 7.86. The number of ether oxygens (including phenoxy) is 1. The fourth-order valence-electron chi connectivity index (χ4n) is 2.62. The van der Waals surface area contributed by atoms with Crippen LogP contribution in [0.1, 0.15) is 51.2 Å². The number of carbonyl (C=O) groups is 1. The molecule has 0 N–H and O–H groups in total. The van der Waals surface area contributed by atoms with Crippen LogP contribution < -0.4 is 4.74 Å². The zero-order valence-electron chi connectivity index (χ0n) is 15.7. The minimum absolute atomic E-state index is 0.196. The van der Waals surface area contributed by atoms with Gasteiger partial charge in [-0.15, -0.1) is 0 Å². The minimum atomic E-state index is 0.196. The summed E-state index contributed by atoms with van der Waals surface area (Å²) in [5.41, 5.74) is 2.19. The Hall–Kier alpha value is -2.13. The topological polar surface area (TPSA) is 39.2 Å². The number of ketones is 1. The van der Waals surface area contributed by atoms with E-state index in [0.717, 1.165) is 24.8 Å². The van der Waals surface area contributed by atoms with E-state index in [1.807, 2.05) is 49.4 Å². The zero-order chi connectivity index (χ0) is 18.9. The Balaban J connectivity index is 1.98. The number of aromatic nitrogens is 1. The molecule has 26 heavy (non-hydrogen) atoms. The summed E-state index contributed by atoms with van der Waals surface area (Å²) < 4.78 is 5.79. The molecule has 1 atom stereocenters. The summed E-state index contributed by atoms with van der Waals surface area (Å²) >= 11 is 6.32. The fourth-order valence-corrected chi connectivity index (χ4v) is 2.87. The van der Waals surface area contributed by atoms with Gasteiger partial charge >= 0.3 is 0 Å². The van der Waals surface area contributed by atoms with Gasteiger partial charge in [-0.05, 0) is 55.0 Å². The Morgan fingerprint density at radius 2 is 2.12 bits per heavy atom. The van der Waals surface area contributed by atoms with Crippen molar-refractivity contribution in [2.24, 2.45) is 5.92 Å². The first-order valence-corrected chi connectivity index (χ1v) is 9.45. The van der Waals surface area contributed by atoms with Crippen LogP contribution in [0.25, 0.3) is 6.08 Å². The number of carbonyl (C=O) groups excluding carboxylic acids is 1. The van der Waals surface area contributed by atoms with E-state index in [1.165, 1.54) is 5.56 Å². The molecule has 0 aliphatic heterocycles.